The second kappa shape index (κ2) is 5.05. The lowest BCUT2D eigenvalue weighted by molar-refractivity contribution is 0.0884. The lowest BCUT2D eigenvalue weighted by Crippen LogP contribution is -2.50. The van der Waals surface area contributed by atoms with Crippen LogP contribution in [0.3, 0.4) is 0 Å². The van der Waals surface area contributed by atoms with E-state index in [-0.39, 0.29) is 10.8 Å². The highest BCUT2D eigenvalue weighted by Gasteiger charge is 2.32. The summed E-state index contributed by atoms with van der Waals surface area (Å²) < 4.78 is 22.9. The van der Waals surface area contributed by atoms with E-state index in [0.717, 1.165) is 25.9 Å². The van der Waals surface area contributed by atoms with Crippen LogP contribution in [-0.2, 0) is 9.84 Å². The largest absolute Gasteiger partial charge is 0.298 e. The van der Waals surface area contributed by atoms with Crippen LogP contribution in [0.2, 0.25) is 0 Å². The van der Waals surface area contributed by atoms with E-state index in [4.69, 9.17) is 0 Å². The fraction of sp³-hybridized carbons (Fsp3) is 1.00. The summed E-state index contributed by atoms with van der Waals surface area (Å²) in [5.41, 5.74) is 0.219. The highest BCUT2D eigenvalue weighted by Crippen LogP contribution is 2.26. The van der Waals surface area contributed by atoms with Crippen LogP contribution < -0.4 is 0 Å². The summed E-state index contributed by atoms with van der Waals surface area (Å²) in [6, 6.07) is 0. The summed E-state index contributed by atoms with van der Waals surface area (Å²) >= 11 is 0. The molecule has 0 aromatic carbocycles. The van der Waals surface area contributed by atoms with Gasteiger partial charge in [0.05, 0.1) is 5.25 Å². The highest BCUT2D eigenvalue weighted by atomic mass is 32.2. The molecule has 0 aromatic rings. The molecule has 1 fully saturated rings. The standard InChI is InChI=1S/C12H25NO2S/c1-5-8-12(2,3)13-9-6-11(7-10-13)16(4,14)15/h11H,5-10H2,1-4H3. The number of rotatable bonds is 4. The van der Waals surface area contributed by atoms with Crippen molar-refractivity contribution >= 4 is 9.84 Å². The number of likely N-dealkylation sites (tertiary alicyclic amines) is 1. The SMILES string of the molecule is CCCC(C)(C)N1CCC(S(C)(=O)=O)CC1. The van der Waals surface area contributed by atoms with Crippen LogP contribution in [0.25, 0.3) is 0 Å². The van der Waals surface area contributed by atoms with Crippen molar-refractivity contribution in [2.75, 3.05) is 19.3 Å². The zero-order valence-corrected chi connectivity index (χ0v) is 11.8. The van der Waals surface area contributed by atoms with Crippen LogP contribution >= 0.6 is 0 Å². The first-order chi connectivity index (χ1) is 7.27. The van der Waals surface area contributed by atoms with Gasteiger partial charge in [0, 0.05) is 11.8 Å². The van der Waals surface area contributed by atoms with E-state index in [1.54, 1.807) is 0 Å². The topological polar surface area (TPSA) is 37.4 Å². The molecule has 0 bridgehead atoms. The monoisotopic (exact) mass is 247 g/mol. The predicted octanol–water partition coefficient (Wildman–Crippen LogP) is 2.07. The van der Waals surface area contributed by atoms with Crippen LogP contribution in [0.1, 0.15) is 46.5 Å². The Bertz CT molecular complexity index is 314. The first-order valence-electron chi connectivity index (χ1n) is 6.21. The Hall–Kier alpha value is -0.0900. The Morgan fingerprint density at radius 2 is 1.75 bits per heavy atom. The van der Waals surface area contributed by atoms with Crippen molar-refractivity contribution in [3.8, 4) is 0 Å². The Morgan fingerprint density at radius 1 is 1.25 bits per heavy atom. The van der Waals surface area contributed by atoms with E-state index in [2.05, 4.69) is 25.7 Å². The van der Waals surface area contributed by atoms with Crippen molar-refractivity contribution in [2.45, 2.75) is 57.2 Å². The molecule has 1 heterocycles. The van der Waals surface area contributed by atoms with Crippen molar-refractivity contribution in [1.29, 1.82) is 0 Å². The zero-order valence-electron chi connectivity index (χ0n) is 11.0. The third-order valence-corrected chi connectivity index (χ3v) is 5.45. The molecular formula is C12H25NO2S. The smallest absolute Gasteiger partial charge is 0.150 e. The molecule has 3 nitrogen and oxygen atoms in total. The van der Waals surface area contributed by atoms with E-state index >= 15 is 0 Å². The predicted molar refractivity (Wildman–Crippen MR) is 68.4 cm³/mol. The molecular weight excluding hydrogens is 222 g/mol. The fourth-order valence-corrected chi connectivity index (χ4v) is 3.73. The maximum Gasteiger partial charge on any atom is 0.150 e. The number of sulfone groups is 1. The quantitative estimate of drug-likeness (QED) is 0.763. The second-order valence-corrected chi connectivity index (χ2v) is 7.90. The first kappa shape index (κ1) is 14.0. The van der Waals surface area contributed by atoms with Gasteiger partial charge in [0.1, 0.15) is 9.84 Å². The minimum absolute atomic E-state index is 0.110. The number of hydrogen-bond donors (Lipinski definition) is 0. The van der Waals surface area contributed by atoms with Crippen molar-refractivity contribution in [3.63, 3.8) is 0 Å². The third-order valence-electron chi connectivity index (χ3n) is 3.77. The average Bonchev–Trinajstić information content (AvgIpc) is 2.16. The Morgan fingerprint density at radius 3 is 2.12 bits per heavy atom. The normalized spacial score (nSPS) is 21.2. The molecule has 0 unspecified atom stereocenters. The molecule has 1 aliphatic heterocycles. The van der Waals surface area contributed by atoms with Gasteiger partial charge < -0.3 is 0 Å². The van der Waals surface area contributed by atoms with Gasteiger partial charge in [-0.05, 0) is 46.2 Å². The zero-order chi connectivity index (χ0) is 12.4. The summed E-state index contributed by atoms with van der Waals surface area (Å²) in [6.45, 7) is 8.56. The number of hydrogen-bond acceptors (Lipinski definition) is 3. The molecule has 96 valence electrons. The molecule has 1 aliphatic rings. The summed E-state index contributed by atoms with van der Waals surface area (Å²) in [6.07, 6.45) is 5.32. The molecule has 0 atom stereocenters. The summed E-state index contributed by atoms with van der Waals surface area (Å²) in [4.78, 5) is 2.44. The van der Waals surface area contributed by atoms with Gasteiger partial charge in [0.2, 0.25) is 0 Å². The molecule has 0 spiro atoms. The summed E-state index contributed by atoms with van der Waals surface area (Å²) in [5, 5.41) is -0.110. The van der Waals surface area contributed by atoms with Crippen molar-refractivity contribution < 1.29 is 8.42 Å². The molecule has 1 saturated heterocycles. The minimum atomic E-state index is -2.83. The van der Waals surface area contributed by atoms with Gasteiger partial charge in [-0.25, -0.2) is 8.42 Å². The maximum atomic E-state index is 11.4. The van der Waals surface area contributed by atoms with Crippen LogP contribution in [0.4, 0.5) is 0 Å². The lowest BCUT2D eigenvalue weighted by atomic mass is 9.93. The Balaban J connectivity index is 2.55. The molecule has 0 aromatic heterocycles. The molecule has 0 saturated carbocycles. The van der Waals surface area contributed by atoms with Gasteiger partial charge in [-0.1, -0.05) is 13.3 Å². The summed E-state index contributed by atoms with van der Waals surface area (Å²) in [5.74, 6) is 0. The third kappa shape index (κ3) is 3.45. The Labute approximate surface area is 100 Å². The van der Waals surface area contributed by atoms with Crippen molar-refractivity contribution in [2.24, 2.45) is 0 Å². The van der Waals surface area contributed by atoms with Crippen LogP contribution in [-0.4, -0.2) is 43.5 Å². The van der Waals surface area contributed by atoms with E-state index in [1.807, 2.05) is 0 Å². The van der Waals surface area contributed by atoms with Gasteiger partial charge in [-0.2, -0.15) is 0 Å². The van der Waals surface area contributed by atoms with Gasteiger partial charge in [-0.3, -0.25) is 4.90 Å². The van der Waals surface area contributed by atoms with Crippen molar-refractivity contribution in [1.82, 2.24) is 4.90 Å². The fourth-order valence-electron chi connectivity index (χ4n) is 2.66. The molecule has 0 aliphatic carbocycles. The molecule has 0 radical (unpaired) electrons. The Kier molecular flexibility index (Phi) is 4.41. The van der Waals surface area contributed by atoms with Gasteiger partial charge >= 0.3 is 0 Å². The molecule has 16 heavy (non-hydrogen) atoms. The van der Waals surface area contributed by atoms with Crippen LogP contribution in [0.15, 0.2) is 0 Å². The van der Waals surface area contributed by atoms with Crippen molar-refractivity contribution in [3.05, 3.63) is 0 Å². The lowest BCUT2D eigenvalue weighted by Gasteiger charge is -2.42. The molecule has 1 rings (SSSR count). The maximum absolute atomic E-state index is 11.4. The number of piperidine rings is 1. The van der Waals surface area contributed by atoms with Gasteiger partial charge in [0.25, 0.3) is 0 Å². The first-order valence-corrected chi connectivity index (χ1v) is 8.17. The highest BCUT2D eigenvalue weighted by molar-refractivity contribution is 7.91. The van der Waals surface area contributed by atoms with Gasteiger partial charge in [-0.15, -0.1) is 0 Å². The summed E-state index contributed by atoms with van der Waals surface area (Å²) in [7, 11) is -2.83. The van der Waals surface area contributed by atoms with E-state index < -0.39 is 9.84 Å². The average molecular weight is 247 g/mol. The van der Waals surface area contributed by atoms with E-state index in [9.17, 15) is 8.42 Å². The van der Waals surface area contributed by atoms with Gasteiger partial charge in [0.15, 0.2) is 0 Å². The molecule has 0 N–H and O–H groups in total. The molecule has 4 heteroatoms. The second-order valence-electron chi connectivity index (χ2n) is 5.58. The van der Waals surface area contributed by atoms with Crippen LogP contribution in [0.5, 0.6) is 0 Å². The molecule has 0 amide bonds. The van der Waals surface area contributed by atoms with E-state index in [1.165, 1.54) is 19.1 Å². The number of nitrogens with zero attached hydrogens (tertiary/aromatic N) is 1. The van der Waals surface area contributed by atoms with E-state index in [0.29, 0.717) is 0 Å². The van der Waals surface area contributed by atoms with Crippen LogP contribution in [0, 0.1) is 0 Å². The minimum Gasteiger partial charge on any atom is -0.298 e.